The van der Waals surface area contributed by atoms with Gasteiger partial charge in [-0.15, -0.1) is 0 Å². The number of benzene rings is 2. The zero-order valence-corrected chi connectivity index (χ0v) is 25.0. The topological polar surface area (TPSA) is 44.8 Å². The molecule has 2 aromatic carbocycles. The summed E-state index contributed by atoms with van der Waals surface area (Å²) < 4.78 is 19.8. The Labute approximate surface area is 225 Å². The van der Waals surface area contributed by atoms with Crippen molar-refractivity contribution in [2.45, 2.75) is 97.6 Å². The molecule has 202 valence electrons. The van der Waals surface area contributed by atoms with Gasteiger partial charge in [0.25, 0.3) is 0 Å². The molecule has 0 aliphatic carbocycles. The number of Topliss-reactive ketones (excluding diaryl/α,β-unsaturated/α-hetero) is 1. The van der Waals surface area contributed by atoms with Gasteiger partial charge in [0.05, 0.1) is 25.4 Å². The summed E-state index contributed by atoms with van der Waals surface area (Å²) in [5, 5.41) is 0.0649. The molecule has 0 fully saturated rings. The van der Waals surface area contributed by atoms with Crippen LogP contribution in [0, 0.1) is 0 Å². The average molecular weight is 523 g/mol. The van der Waals surface area contributed by atoms with E-state index in [0.29, 0.717) is 25.2 Å². The van der Waals surface area contributed by atoms with Gasteiger partial charge in [0, 0.05) is 6.42 Å². The first kappa shape index (κ1) is 30.9. The molecular formula is C32H46O4Si. The highest BCUT2D eigenvalue weighted by atomic mass is 28.4. The molecule has 0 bridgehead atoms. The summed E-state index contributed by atoms with van der Waals surface area (Å²) in [6, 6.07) is 20.2. The lowest BCUT2D eigenvalue weighted by Crippen LogP contribution is -2.46. The molecular weight excluding hydrogens is 476 g/mol. The molecule has 4 nitrogen and oxygen atoms in total. The number of hydrogen-bond donors (Lipinski definition) is 0. The second-order valence-corrected chi connectivity index (χ2v) is 16.2. The SMILES string of the molecule is C=C(C)C(C[C@H](OCc1ccccc1)[C@H](/C=C(\C)C(C)=O)OCc1ccccc1)O[Si](C)(C)C(C)(C)C. The molecule has 0 amide bonds. The molecule has 0 N–H and O–H groups in total. The highest BCUT2D eigenvalue weighted by molar-refractivity contribution is 6.74. The molecule has 37 heavy (non-hydrogen) atoms. The fourth-order valence-corrected chi connectivity index (χ4v) is 4.92. The molecule has 0 radical (unpaired) electrons. The van der Waals surface area contributed by atoms with Gasteiger partial charge in [-0.1, -0.05) is 93.6 Å². The zero-order valence-electron chi connectivity index (χ0n) is 24.0. The van der Waals surface area contributed by atoms with Crippen LogP contribution in [0.2, 0.25) is 18.1 Å². The maximum absolute atomic E-state index is 12.2. The van der Waals surface area contributed by atoms with Gasteiger partial charge in [-0.25, -0.2) is 0 Å². The van der Waals surface area contributed by atoms with Crippen molar-refractivity contribution >= 4 is 14.1 Å². The minimum absolute atomic E-state index is 0.0177. The lowest BCUT2D eigenvalue weighted by Gasteiger charge is -2.40. The second kappa shape index (κ2) is 14.0. The first-order chi connectivity index (χ1) is 17.3. The fraction of sp³-hybridized carbons (Fsp3) is 0.469. The summed E-state index contributed by atoms with van der Waals surface area (Å²) in [6.45, 7) is 21.8. The maximum Gasteiger partial charge on any atom is 0.192 e. The van der Waals surface area contributed by atoms with Gasteiger partial charge in [-0.05, 0) is 61.7 Å². The molecule has 5 heteroatoms. The number of ether oxygens (including phenoxy) is 2. The van der Waals surface area contributed by atoms with Gasteiger partial charge >= 0.3 is 0 Å². The number of ketones is 1. The van der Waals surface area contributed by atoms with E-state index in [0.717, 1.165) is 16.7 Å². The smallest absolute Gasteiger partial charge is 0.192 e. The molecule has 1 unspecified atom stereocenters. The number of rotatable bonds is 14. The Kier molecular flexibility index (Phi) is 11.7. The summed E-state index contributed by atoms with van der Waals surface area (Å²) in [5.41, 5.74) is 3.77. The lowest BCUT2D eigenvalue weighted by atomic mass is 9.99. The monoisotopic (exact) mass is 522 g/mol. The number of carbonyl (C=O) groups excluding carboxylic acids is 1. The third-order valence-corrected chi connectivity index (χ3v) is 11.7. The van der Waals surface area contributed by atoms with Gasteiger partial charge in [0.1, 0.15) is 6.10 Å². The van der Waals surface area contributed by atoms with Crippen molar-refractivity contribution in [2.24, 2.45) is 0 Å². The molecule has 0 spiro atoms. The minimum atomic E-state index is -2.07. The van der Waals surface area contributed by atoms with E-state index in [4.69, 9.17) is 13.9 Å². The van der Waals surface area contributed by atoms with Gasteiger partial charge in [0.15, 0.2) is 14.1 Å². The van der Waals surface area contributed by atoms with Crippen LogP contribution in [0.3, 0.4) is 0 Å². The molecule has 0 saturated heterocycles. The molecule has 2 aromatic rings. The van der Waals surface area contributed by atoms with Crippen LogP contribution >= 0.6 is 0 Å². The Morgan fingerprint density at radius 2 is 1.38 bits per heavy atom. The number of allylic oxidation sites excluding steroid dienone is 1. The van der Waals surface area contributed by atoms with Crippen LogP contribution in [-0.4, -0.2) is 32.4 Å². The Morgan fingerprint density at radius 1 is 0.892 bits per heavy atom. The van der Waals surface area contributed by atoms with Crippen molar-refractivity contribution in [1.82, 2.24) is 0 Å². The number of hydrogen-bond acceptors (Lipinski definition) is 4. The summed E-state index contributed by atoms with van der Waals surface area (Å²) in [7, 11) is -2.07. The van der Waals surface area contributed by atoms with E-state index in [1.54, 1.807) is 6.92 Å². The van der Waals surface area contributed by atoms with Crippen LogP contribution in [0.15, 0.2) is 84.5 Å². The molecule has 0 aromatic heterocycles. The van der Waals surface area contributed by atoms with Gasteiger partial charge in [-0.3, -0.25) is 4.79 Å². The third-order valence-electron chi connectivity index (χ3n) is 7.17. The van der Waals surface area contributed by atoms with Gasteiger partial charge in [0.2, 0.25) is 0 Å². The average Bonchev–Trinajstić information content (AvgIpc) is 2.83. The summed E-state index contributed by atoms with van der Waals surface area (Å²) in [6.07, 6.45) is 1.52. The second-order valence-electron chi connectivity index (χ2n) is 11.5. The Hall–Kier alpha value is -2.31. The number of carbonyl (C=O) groups is 1. The highest BCUT2D eigenvalue weighted by Gasteiger charge is 2.40. The standard InChI is InChI=1S/C32H46O4Si/c1-24(2)29(36-37(8,9)32(5,6)7)21-31(35-23-28-18-14-11-15-19-28)30(20-25(3)26(4)33)34-22-27-16-12-10-13-17-27/h10-20,29-31H,1,21-23H2,2-9H3/b25-20+/t29?,30-,31-/m0/s1. The third kappa shape index (κ3) is 10.2. The summed E-state index contributed by atoms with van der Waals surface area (Å²) in [4.78, 5) is 12.2. The molecule has 0 aliphatic heterocycles. The van der Waals surface area contributed by atoms with E-state index in [2.05, 4.69) is 52.6 Å². The molecule has 2 rings (SSSR count). The molecule has 3 atom stereocenters. The van der Waals surface area contributed by atoms with Gasteiger partial charge < -0.3 is 13.9 Å². The van der Waals surface area contributed by atoms with Gasteiger partial charge in [-0.2, -0.15) is 0 Å². The van der Waals surface area contributed by atoms with Crippen molar-refractivity contribution in [1.29, 1.82) is 0 Å². The van der Waals surface area contributed by atoms with Crippen molar-refractivity contribution in [3.8, 4) is 0 Å². The van der Waals surface area contributed by atoms with E-state index in [1.165, 1.54) is 0 Å². The van der Waals surface area contributed by atoms with E-state index in [-0.39, 0.29) is 23.0 Å². The first-order valence-corrected chi connectivity index (χ1v) is 16.0. The van der Waals surface area contributed by atoms with Crippen LogP contribution in [0.5, 0.6) is 0 Å². The Bertz CT molecular complexity index is 1020. The Morgan fingerprint density at radius 3 is 1.81 bits per heavy atom. The summed E-state index contributed by atoms with van der Waals surface area (Å²) >= 11 is 0. The molecule has 0 saturated carbocycles. The quantitative estimate of drug-likeness (QED) is 0.143. The van der Waals surface area contributed by atoms with Crippen molar-refractivity contribution in [3.63, 3.8) is 0 Å². The normalized spacial score (nSPS) is 15.2. The summed E-state index contributed by atoms with van der Waals surface area (Å²) in [5.74, 6) is 0.0177. The van der Waals surface area contributed by atoms with E-state index in [1.807, 2.05) is 68.5 Å². The maximum atomic E-state index is 12.2. The van der Waals surface area contributed by atoms with Crippen molar-refractivity contribution in [2.75, 3.05) is 0 Å². The van der Waals surface area contributed by atoms with Crippen LogP contribution < -0.4 is 0 Å². The van der Waals surface area contributed by atoms with Crippen molar-refractivity contribution in [3.05, 3.63) is 95.6 Å². The predicted octanol–water partition coefficient (Wildman–Crippen LogP) is 8.05. The molecule has 0 heterocycles. The minimum Gasteiger partial charge on any atom is -0.410 e. The zero-order chi connectivity index (χ0) is 27.6. The van der Waals surface area contributed by atoms with E-state index < -0.39 is 14.4 Å². The van der Waals surface area contributed by atoms with E-state index in [9.17, 15) is 4.79 Å². The van der Waals surface area contributed by atoms with Crippen LogP contribution in [0.4, 0.5) is 0 Å². The Balaban J connectivity index is 2.40. The highest BCUT2D eigenvalue weighted by Crippen LogP contribution is 2.39. The largest absolute Gasteiger partial charge is 0.410 e. The van der Waals surface area contributed by atoms with E-state index >= 15 is 0 Å². The predicted molar refractivity (Wildman–Crippen MR) is 156 cm³/mol. The van der Waals surface area contributed by atoms with Crippen LogP contribution in [0.25, 0.3) is 0 Å². The fourth-order valence-electron chi connectivity index (χ4n) is 3.56. The van der Waals surface area contributed by atoms with Crippen LogP contribution in [-0.2, 0) is 31.9 Å². The van der Waals surface area contributed by atoms with Crippen molar-refractivity contribution < 1.29 is 18.7 Å². The lowest BCUT2D eigenvalue weighted by molar-refractivity contribution is -0.113. The first-order valence-electron chi connectivity index (χ1n) is 13.1. The molecule has 0 aliphatic rings. The van der Waals surface area contributed by atoms with Crippen LogP contribution in [0.1, 0.15) is 59.1 Å².